The number of allylic oxidation sites excluding steroid dienone is 2. The molecule has 188 valence electrons. The number of unbranched alkanes of at least 4 members (excludes halogenated alkanes) is 1. The van der Waals surface area contributed by atoms with Crippen LogP contribution in [0.4, 0.5) is 0 Å². The lowest BCUT2D eigenvalue weighted by Crippen LogP contribution is -2.31. The highest BCUT2D eigenvalue weighted by Crippen LogP contribution is 2.36. The standard InChI is InChI=1S/C27H38O7/c28-24-18-25(29)23(22(24)12-6-1-2-7-13-26(30)31)16-15-21(34-27-14-8-9-17-32-27)19-33-20-10-4-3-5-11-20/h1,3-6,10-11,15-16,21-25,27-29H,2,7-9,12-14,17-19H2,(H,30,31)/t21-,22+,23+,24+,25+,27?/m0/s1. The van der Waals surface area contributed by atoms with Crippen LogP contribution in [0, 0.1) is 11.8 Å². The van der Waals surface area contributed by atoms with E-state index in [0.29, 0.717) is 38.9 Å². The fourth-order valence-corrected chi connectivity index (χ4v) is 4.55. The summed E-state index contributed by atoms with van der Waals surface area (Å²) < 4.78 is 17.8. The third-order valence-corrected chi connectivity index (χ3v) is 6.42. The minimum Gasteiger partial charge on any atom is -0.491 e. The number of hydrogen-bond donors (Lipinski definition) is 3. The topological polar surface area (TPSA) is 105 Å². The molecule has 0 spiro atoms. The average Bonchev–Trinajstić information content (AvgIpc) is 3.11. The molecule has 7 nitrogen and oxygen atoms in total. The number of benzene rings is 1. The summed E-state index contributed by atoms with van der Waals surface area (Å²) in [6, 6.07) is 9.56. The van der Waals surface area contributed by atoms with Gasteiger partial charge in [0, 0.05) is 25.4 Å². The smallest absolute Gasteiger partial charge is 0.303 e. The number of carbonyl (C=O) groups is 1. The molecule has 1 saturated carbocycles. The molecule has 1 unspecified atom stereocenters. The van der Waals surface area contributed by atoms with Crippen LogP contribution in [-0.2, 0) is 14.3 Å². The third-order valence-electron chi connectivity index (χ3n) is 6.42. The Kier molecular flexibility index (Phi) is 11.1. The number of hydrogen-bond acceptors (Lipinski definition) is 6. The first-order valence-electron chi connectivity index (χ1n) is 12.4. The Morgan fingerprint density at radius 1 is 1.15 bits per heavy atom. The van der Waals surface area contributed by atoms with E-state index in [1.807, 2.05) is 54.6 Å². The molecule has 1 aliphatic carbocycles. The lowest BCUT2D eigenvalue weighted by Gasteiger charge is -2.27. The number of ether oxygens (including phenoxy) is 3. The lowest BCUT2D eigenvalue weighted by atomic mass is 9.89. The molecule has 1 aromatic rings. The van der Waals surface area contributed by atoms with Gasteiger partial charge in [0.25, 0.3) is 0 Å². The second-order valence-electron chi connectivity index (χ2n) is 9.08. The first-order chi connectivity index (χ1) is 16.5. The maximum Gasteiger partial charge on any atom is 0.303 e. The summed E-state index contributed by atoms with van der Waals surface area (Å²) in [5, 5.41) is 29.8. The van der Waals surface area contributed by atoms with Crippen LogP contribution in [-0.4, -0.2) is 59.1 Å². The number of rotatable bonds is 13. The molecule has 3 N–H and O–H groups in total. The molecule has 1 aliphatic heterocycles. The summed E-state index contributed by atoms with van der Waals surface area (Å²) in [4.78, 5) is 10.6. The predicted octanol–water partition coefficient (Wildman–Crippen LogP) is 4.09. The number of carboxylic acids is 1. The minimum atomic E-state index is -0.792. The summed E-state index contributed by atoms with van der Waals surface area (Å²) in [6.07, 6.45) is 11.3. The minimum absolute atomic E-state index is 0.108. The Hall–Kier alpha value is -2.19. The quantitative estimate of drug-likeness (QED) is 0.292. The maximum atomic E-state index is 10.6. The van der Waals surface area contributed by atoms with Gasteiger partial charge in [-0.15, -0.1) is 0 Å². The molecule has 0 bridgehead atoms. The molecule has 34 heavy (non-hydrogen) atoms. The highest BCUT2D eigenvalue weighted by atomic mass is 16.7. The van der Waals surface area contributed by atoms with Crippen molar-refractivity contribution in [3.63, 3.8) is 0 Å². The van der Waals surface area contributed by atoms with Crippen LogP contribution in [0.5, 0.6) is 5.75 Å². The van der Waals surface area contributed by atoms with Crippen molar-refractivity contribution in [2.45, 2.75) is 76.0 Å². The number of para-hydroxylation sites is 1. The molecular weight excluding hydrogens is 436 g/mol. The first kappa shape index (κ1) is 26.4. The van der Waals surface area contributed by atoms with Crippen molar-refractivity contribution in [3.8, 4) is 5.75 Å². The van der Waals surface area contributed by atoms with Crippen molar-refractivity contribution in [1.82, 2.24) is 0 Å². The van der Waals surface area contributed by atoms with Gasteiger partial charge in [0.2, 0.25) is 0 Å². The van der Waals surface area contributed by atoms with Gasteiger partial charge < -0.3 is 29.5 Å². The van der Waals surface area contributed by atoms with Gasteiger partial charge in [0.05, 0.1) is 12.2 Å². The summed E-state index contributed by atoms with van der Waals surface area (Å²) in [7, 11) is 0. The second kappa shape index (κ2) is 14.3. The zero-order valence-electron chi connectivity index (χ0n) is 19.7. The molecule has 6 atom stereocenters. The Morgan fingerprint density at radius 2 is 1.97 bits per heavy atom. The van der Waals surface area contributed by atoms with Crippen molar-refractivity contribution in [2.75, 3.05) is 13.2 Å². The number of aliphatic carboxylic acids is 1. The van der Waals surface area contributed by atoms with Crippen LogP contribution in [0.15, 0.2) is 54.6 Å². The maximum absolute atomic E-state index is 10.6. The van der Waals surface area contributed by atoms with Crippen LogP contribution in [0.3, 0.4) is 0 Å². The van der Waals surface area contributed by atoms with E-state index < -0.39 is 18.2 Å². The monoisotopic (exact) mass is 474 g/mol. The van der Waals surface area contributed by atoms with Gasteiger partial charge in [0.15, 0.2) is 6.29 Å². The molecule has 0 aromatic heterocycles. The first-order valence-corrected chi connectivity index (χ1v) is 12.4. The van der Waals surface area contributed by atoms with E-state index in [-0.39, 0.29) is 30.7 Å². The van der Waals surface area contributed by atoms with E-state index in [4.69, 9.17) is 19.3 Å². The van der Waals surface area contributed by atoms with E-state index in [9.17, 15) is 15.0 Å². The molecule has 1 aromatic carbocycles. The molecule has 0 radical (unpaired) electrons. The Bertz CT molecular complexity index is 772. The van der Waals surface area contributed by atoms with Gasteiger partial charge in [-0.1, -0.05) is 42.5 Å². The van der Waals surface area contributed by atoms with E-state index in [1.165, 1.54) is 0 Å². The highest BCUT2D eigenvalue weighted by Gasteiger charge is 2.39. The Labute approximate surface area is 202 Å². The molecule has 7 heteroatoms. The molecule has 1 saturated heterocycles. The fraction of sp³-hybridized carbons (Fsp3) is 0.593. The van der Waals surface area contributed by atoms with Gasteiger partial charge in [-0.3, -0.25) is 4.79 Å². The van der Waals surface area contributed by atoms with Crippen molar-refractivity contribution >= 4 is 5.97 Å². The fourth-order valence-electron chi connectivity index (χ4n) is 4.55. The predicted molar refractivity (Wildman–Crippen MR) is 128 cm³/mol. The van der Waals surface area contributed by atoms with Crippen LogP contribution in [0.1, 0.15) is 51.4 Å². The van der Waals surface area contributed by atoms with Crippen LogP contribution < -0.4 is 4.74 Å². The summed E-state index contributed by atoms with van der Waals surface area (Å²) in [5.74, 6) is -0.340. The van der Waals surface area contributed by atoms with Crippen LogP contribution in [0.2, 0.25) is 0 Å². The van der Waals surface area contributed by atoms with Crippen molar-refractivity contribution in [3.05, 3.63) is 54.6 Å². The van der Waals surface area contributed by atoms with Gasteiger partial charge in [0.1, 0.15) is 18.5 Å². The van der Waals surface area contributed by atoms with Crippen molar-refractivity contribution < 1.29 is 34.3 Å². The lowest BCUT2D eigenvalue weighted by molar-refractivity contribution is -0.182. The molecule has 1 heterocycles. The van der Waals surface area contributed by atoms with Crippen molar-refractivity contribution in [2.24, 2.45) is 11.8 Å². The summed E-state index contributed by atoms with van der Waals surface area (Å²) >= 11 is 0. The highest BCUT2D eigenvalue weighted by molar-refractivity contribution is 5.66. The van der Waals surface area contributed by atoms with Gasteiger partial charge in [-0.2, -0.15) is 0 Å². The van der Waals surface area contributed by atoms with E-state index in [1.54, 1.807) is 0 Å². The average molecular weight is 475 g/mol. The number of aliphatic hydroxyl groups excluding tert-OH is 2. The number of carboxylic acid groups (broad SMARTS) is 1. The van der Waals surface area contributed by atoms with Crippen molar-refractivity contribution in [1.29, 1.82) is 0 Å². The van der Waals surface area contributed by atoms with Gasteiger partial charge in [-0.25, -0.2) is 0 Å². The molecular formula is C27H38O7. The van der Waals surface area contributed by atoms with E-state index >= 15 is 0 Å². The van der Waals surface area contributed by atoms with Crippen LogP contribution in [0.25, 0.3) is 0 Å². The molecule has 0 amide bonds. The zero-order chi connectivity index (χ0) is 24.2. The molecule has 2 fully saturated rings. The molecule has 3 rings (SSSR count). The van der Waals surface area contributed by atoms with Gasteiger partial charge in [-0.05, 0) is 56.6 Å². The largest absolute Gasteiger partial charge is 0.491 e. The van der Waals surface area contributed by atoms with E-state index in [2.05, 4.69) is 0 Å². The zero-order valence-corrected chi connectivity index (χ0v) is 19.7. The molecule has 2 aliphatic rings. The van der Waals surface area contributed by atoms with Crippen LogP contribution >= 0.6 is 0 Å². The normalized spacial score (nSPS) is 28.5. The van der Waals surface area contributed by atoms with E-state index in [0.717, 1.165) is 25.0 Å². The SMILES string of the molecule is O=C(O)CCCC=CC[C@@H]1[C@@H](C=C[C@@H](COc2ccccc2)OC2CCCCO2)[C@H](O)C[C@H]1O. The second-order valence-corrected chi connectivity index (χ2v) is 9.08. The summed E-state index contributed by atoms with van der Waals surface area (Å²) in [6.45, 7) is 1.01. The van der Waals surface area contributed by atoms with Gasteiger partial charge >= 0.3 is 5.97 Å². The third kappa shape index (κ3) is 8.87. The Morgan fingerprint density at radius 3 is 2.71 bits per heavy atom. The summed E-state index contributed by atoms with van der Waals surface area (Å²) in [5.41, 5.74) is 0. The number of aliphatic hydroxyl groups is 2. The Balaban J connectivity index is 1.60.